The molecule has 0 aliphatic carbocycles. The average molecular weight is 348 g/mol. The number of aromatic nitrogens is 1. The van der Waals surface area contributed by atoms with E-state index in [2.05, 4.69) is 40.8 Å². The monoisotopic (exact) mass is 347 g/mol. The van der Waals surface area contributed by atoms with E-state index in [0.717, 1.165) is 43.5 Å². The van der Waals surface area contributed by atoms with Crippen LogP contribution in [0.3, 0.4) is 0 Å². The lowest BCUT2D eigenvalue weighted by Gasteiger charge is -2.43. The number of pyridine rings is 1. The lowest BCUT2D eigenvalue weighted by Crippen LogP contribution is -2.54. The Morgan fingerprint density at radius 1 is 1.29 bits per heavy atom. The van der Waals surface area contributed by atoms with Gasteiger partial charge in [0.05, 0.1) is 5.52 Å². The normalized spacial score (nSPS) is 19.4. The highest BCUT2D eigenvalue weighted by atomic mass is 35.5. The number of nitrogens with zero attached hydrogens (tertiary/aromatic N) is 3. The van der Waals surface area contributed by atoms with Crippen molar-refractivity contribution in [3.63, 3.8) is 0 Å². The van der Waals surface area contributed by atoms with Crippen LogP contribution < -0.4 is 4.90 Å². The molecule has 0 amide bonds. The Morgan fingerprint density at radius 2 is 2.12 bits per heavy atom. The van der Waals surface area contributed by atoms with Crippen molar-refractivity contribution in [1.82, 2.24) is 9.88 Å². The van der Waals surface area contributed by atoms with Gasteiger partial charge < -0.3 is 10.0 Å². The van der Waals surface area contributed by atoms with Crippen molar-refractivity contribution < 1.29 is 5.11 Å². The van der Waals surface area contributed by atoms with E-state index in [9.17, 15) is 5.11 Å². The summed E-state index contributed by atoms with van der Waals surface area (Å²) >= 11 is 6.10. The number of fused-ring (bicyclic) bond motifs is 1. The molecule has 1 aliphatic rings. The Morgan fingerprint density at radius 3 is 2.88 bits per heavy atom. The van der Waals surface area contributed by atoms with Crippen molar-refractivity contribution in [3.8, 4) is 0 Å². The summed E-state index contributed by atoms with van der Waals surface area (Å²) in [7, 11) is 0. The van der Waals surface area contributed by atoms with Crippen LogP contribution in [-0.4, -0.2) is 53.8 Å². The molecule has 1 atom stereocenters. The molecule has 5 heteroatoms. The first kappa shape index (κ1) is 17.5. The number of rotatable bonds is 5. The number of hydrogen-bond donors (Lipinski definition) is 1. The molecule has 1 saturated heterocycles. The Bertz CT molecular complexity index is 691. The van der Waals surface area contributed by atoms with E-state index in [-0.39, 0.29) is 6.61 Å². The molecule has 1 fully saturated rings. The maximum absolute atomic E-state index is 9.46. The fourth-order valence-electron chi connectivity index (χ4n) is 3.63. The molecule has 1 aromatic heterocycles. The lowest BCUT2D eigenvalue weighted by molar-refractivity contribution is 0.129. The average Bonchev–Trinajstić information content (AvgIpc) is 2.55. The van der Waals surface area contributed by atoms with Gasteiger partial charge in [-0.1, -0.05) is 25.4 Å². The molecule has 3 rings (SSSR count). The van der Waals surface area contributed by atoms with E-state index in [1.165, 1.54) is 5.69 Å². The predicted molar refractivity (Wildman–Crippen MR) is 101 cm³/mol. The molecule has 0 unspecified atom stereocenters. The smallest absolute Gasteiger partial charge is 0.0737 e. The summed E-state index contributed by atoms with van der Waals surface area (Å²) in [5.74, 6) is 0.640. The Balaban J connectivity index is 1.85. The number of aliphatic hydroxyl groups excluding tert-OH is 1. The van der Waals surface area contributed by atoms with Crippen molar-refractivity contribution in [2.45, 2.75) is 26.3 Å². The molecule has 1 N–H and O–H groups in total. The molecule has 0 radical (unpaired) electrons. The van der Waals surface area contributed by atoms with Gasteiger partial charge in [-0.25, -0.2) is 0 Å². The highest BCUT2D eigenvalue weighted by Gasteiger charge is 2.27. The number of piperazine rings is 1. The Labute approximate surface area is 149 Å². The number of aliphatic hydroxyl groups is 1. The van der Waals surface area contributed by atoms with Crippen LogP contribution in [0.4, 0.5) is 5.69 Å². The molecule has 0 saturated carbocycles. The number of halogens is 1. The summed E-state index contributed by atoms with van der Waals surface area (Å²) in [4.78, 5) is 9.40. The molecular formula is C19H26ClN3O. The van der Waals surface area contributed by atoms with Crippen molar-refractivity contribution in [3.05, 3.63) is 35.5 Å². The van der Waals surface area contributed by atoms with Gasteiger partial charge in [0.1, 0.15) is 0 Å². The van der Waals surface area contributed by atoms with Crippen LogP contribution in [0.25, 0.3) is 10.9 Å². The molecular weight excluding hydrogens is 322 g/mol. The largest absolute Gasteiger partial charge is 0.396 e. The van der Waals surface area contributed by atoms with Crippen LogP contribution in [0.15, 0.2) is 30.5 Å². The first-order valence-corrected chi connectivity index (χ1v) is 9.10. The minimum absolute atomic E-state index is 0.236. The second kappa shape index (κ2) is 7.68. The van der Waals surface area contributed by atoms with Crippen LogP contribution in [0, 0.1) is 5.92 Å². The van der Waals surface area contributed by atoms with Gasteiger partial charge >= 0.3 is 0 Å². The number of anilines is 1. The van der Waals surface area contributed by atoms with Gasteiger partial charge in [0.15, 0.2) is 0 Å². The molecule has 130 valence electrons. The van der Waals surface area contributed by atoms with E-state index in [0.29, 0.717) is 17.0 Å². The van der Waals surface area contributed by atoms with E-state index in [1.807, 2.05) is 18.3 Å². The van der Waals surface area contributed by atoms with Crippen molar-refractivity contribution in [2.75, 3.05) is 37.7 Å². The van der Waals surface area contributed by atoms with Gasteiger partial charge in [0.25, 0.3) is 0 Å². The second-order valence-electron chi connectivity index (χ2n) is 6.99. The second-order valence-corrected chi connectivity index (χ2v) is 7.43. The molecule has 1 aliphatic heterocycles. The van der Waals surface area contributed by atoms with Gasteiger partial charge in [-0.05, 0) is 36.6 Å². The topological polar surface area (TPSA) is 39.6 Å². The molecule has 2 aromatic rings. The summed E-state index contributed by atoms with van der Waals surface area (Å²) in [5, 5.41) is 11.3. The molecule has 4 nitrogen and oxygen atoms in total. The quantitative estimate of drug-likeness (QED) is 0.899. The predicted octanol–water partition coefficient (Wildman–Crippen LogP) is 3.42. The summed E-state index contributed by atoms with van der Waals surface area (Å²) in [6, 6.07) is 8.38. The lowest BCUT2D eigenvalue weighted by atomic mass is 10.0. The van der Waals surface area contributed by atoms with Gasteiger partial charge in [-0.3, -0.25) is 9.88 Å². The fourth-order valence-corrected chi connectivity index (χ4v) is 3.79. The third-order valence-electron chi connectivity index (χ3n) is 4.69. The van der Waals surface area contributed by atoms with Gasteiger partial charge in [-0.15, -0.1) is 0 Å². The van der Waals surface area contributed by atoms with E-state index in [4.69, 9.17) is 11.6 Å². The zero-order chi connectivity index (χ0) is 17.1. The zero-order valence-corrected chi connectivity index (χ0v) is 15.2. The summed E-state index contributed by atoms with van der Waals surface area (Å²) in [6.07, 6.45) is 2.67. The van der Waals surface area contributed by atoms with E-state index in [1.54, 1.807) is 0 Å². The van der Waals surface area contributed by atoms with E-state index >= 15 is 0 Å². The first-order chi connectivity index (χ1) is 11.6. The minimum atomic E-state index is 0.236. The standard InChI is InChI=1S/C19H26ClN3O/c1-14(2)12-22-8-9-23(13-16(22)6-10-24)19-5-7-21-18-11-15(20)3-4-17(18)19/h3-5,7,11,14,16,24H,6,8-10,12-13H2,1-2H3/t16-/m0/s1. The van der Waals surface area contributed by atoms with Crippen molar-refractivity contribution >= 4 is 28.2 Å². The van der Waals surface area contributed by atoms with E-state index < -0.39 is 0 Å². The molecule has 0 spiro atoms. The van der Waals surface area contributed by atoms with Gasteiger partial charge in [0, 0.05) is 61.1 Å². The van der Waals surface area contributed by atoms with Crippen LogP contribution in [0.1, 0.15) is 20.3 Å². The summed E-state index contributed by atoms with van der Waals surface area (Å²) in [6.45, 7) is 8.79. The Hall–Kier alpha value is -1.36. The highest BCUT2D eigenvalue weighted by Crippen LogP contribution is 2.29. The van der Waals surface area contributed by atoms with Crippen LogP contribution >= 0.6 is 11.6 Å². The minimum Gasteiger partial charge on any atom is -0.396 e. The Kier molecular flexibility index (Phi) is 5.59. The number of benzene rings is 1. The number of hydrogen-bond acceptors (Lipinski definition) is 4. The highest BCUT2D eigenvalue weighted by molar-refractivity contribution is 6.31. The first-order valence-electron chi connectivity index (χ1n) is 8.72. The maximum atomic E-state index is 9.46. The van der Waals surface area contributed by atoms with Crippen molar-refractivity contribution in [2.24, 2.45) is 5.92 Å². The summed E-state index contributed by atoms with van der Waals surface area (Å²) in [5.41, 5.74) is 2.15. The molecule has 24 heavy (non-hydrogen) atoms. The zero-order valence-electron chi connectivity index (χ0n) is 14.5. The molecule has 0 bridgehead atoms. The van der Waals surface area contributed by atoms with Crippen molar-refractivity contribution in [1.29, 1.82) is 0 Å². The molecule has 1 aromatic carbocycles. The third-order valence-corrected chi connectivity index (χ3v) is 4.92. The van der Waals surface area contributed by atoms with Gasteiger partial charge in [0.2, 0.25) is 0 Å². The SMILES string of the molecule is CC(C)CN1CCN(c2ccnc3cc(Cl)ccc23)C[C@@H]1CCO. The fraction of sp³-hybridized carbons (Fsp3) is 0.526. The van der Waals surface area contributed by atoms with Crippen LogP contribution in [-0.2, 0) is 0 Å². The van der Waals surface area contributed by atoms with Crippen LogP contribution in [0.5, 0.6) is 0 Å². The third kappa shape index (κ3) is 3.82. The van der Waals surface area contributed by atoms with Crippen LogP contribution in [0.2, 0.25) is 5.02 Å². The maximum Gasteiger partial charge on any atom is 0.0737 e. The summed E-state index contributed by atoms with van der Waals surface area (Å²) < 4.78 is 0. The molecule has 2 heterocycles. The van der Waals surface area contributed by atoms with Gasteiger partial charge in [-0.2, -0.15) is 0 Å².